The highest BCUT2D eigenvalue weighted by Gasteiger charge is 2.42. The van der Waals surface area contributed by atoms with Crippen LogP contribution < -0.4 is 0 Å². The van der Waals surface area contributed by atoms with Gasteiger partial charge >= 0.3 is 0 Å². The molecule has 11 heteroatoms. The summed E-state index contributed by atoms with van der Waals surface area (Å²) in [5.74, 6) is -6.05. The van der Waals surface area contributed by atoms with E-state index in [0.717, 1.165) is 12.1 Å². The SMILES string of the molecule is C=C(OC(C)(C)C)N1CC(C(O)c2cc(F)c(C3c4[nH]c5c(F)cccc5c4CCN3CC(F)(F)CO)c(F)c2)C1.CC. The minimum atomic E-state index is -3.53. The first kappa shape index (κ1) is 32.8. The maximum absolute atomic E-state index is 15.8. The molecule has 3 heterocycles. The smallest absolute Gasteiger partial charge is 0.283 e. The minimum absolute atomic E-state index is 0.00158. The lowest BCUT2D eigenvalue weighted by atomic mass is 9.86. The second kappa shape index (κ2) is 12.5. The van der Waals surface area contributed by atoms with E-state index < -0.39 is 59.8 Å². The molecule has 2 aromatic carbocycles. The Bertz CT molecular complexity index is 1440. The third kappa shape index (κ3) is 6.68. The van der Waals surface area contributed by atoms with Crippen LogP contribution in [0.25, 0.3) is 10.9 Å². The summed E-state index contributed by atoms with van der Waals surface area (Å²) in [4.78, 5) is 5.90. The van der Waals surface area contributed by atoms with Crippen LogP contribution >= 0.6 is 0 Å². The second-order valence-corrected chi connectivity index (χ2v) is 11.9. The Labute approximate surface area is 248 Å². The third-order valence-electron chi connectivity index (χ3n) is 7.73. The van der Waals surface area contributed by atoms with Crippen molar-refractivity contribution >= 4 is 10.9 Å². The number of aliphatic hydroxyl groups is 2. The second-order valence-electron chi connectivity index (χ2n) is 11.9. The summed E-state index contributed by atoms with van der Waals surface area (Å²) in [7, 11) is 0. The number of benzene rings is 2. The average molecular weight is 610 g/mol. The van der Waals surface area contributed by atoms with Gasteiger partial charge in [0.25, 0.3) is 5.92 Å². The Kier molecular flexibility index (Phi) is 9.49. The molecule has 1 aromatic heterocycles. The monoisotopic (exact) mass is 609 g/mol. The molecule has 2 unspecified atom stereocenters. The van der Waals surface area contributed by atoms with Crippen molar-refractivity contribution in [3.8, 4) is 0 Å². The normalized spacial score (nSPS) is 18.5. The maximum Gasteiger partial charge on any atom is 0.283 e. The van der Waals surface area contributed by atoms with Gasteiger partial charge in [0.15, 0.2) is 5.88 Å². The predicted molar refractivity (Wildman–Crippen MR) is 155 cm³/mol. The molecule has 0 aliphatic carbocycles. The van der Waals surface area contributed by atoms with E-state index in [0.29, 0.717) is 29.9 Å². The van der Waals surface area contributed by atoms with Crippen molar-refractivity contribution in [2.24, 2.45) is 5.92 Å². The van der Waals surface area contributed by atoms with Crippen molar-refractivity contribution < 1.29 is 36.9 Å². The lowest BCUT2D eigenvalue weighted by molar-refractivity contribution is -0.0791. The molecule has 1 saturated heterocycles. The van der Waals surface area contributed by atoms with Crippen molar-refractivity contribution in [2.45, 2.75) is 64.7 Å². The molecule has 0 radical (unpaired) electrons. The topological polar surface area (TPSA) is 72.0 Å². The zero-order valence-corrected chi connectivity index (χ0v) is 25.2. The Morgan fingerprint density at radius 3 is 2.30 bits per heavy atom. The van der Waals surface area contributed by atoms with Gasteiger partial charge in [0.1, 0.15) is 29.7 Å². The Morgan fingerprint density at radius 1 is 1.09 bits per heavy atom. The van der Waals surface area contributed by atoms with Crippen molar-refractivity contribution in [1.82, 2.24) is 14.8 Å². The third-order valence-corrected chi connectivity index (χ3v) is 7.73. The number of hydrogen-bond donors (Lipinski definition) is 3. The van der Waals surface area contributed by atoms with Crippen LogP contribution in [0.4, 0.5) is 22.0 Å². The van der Waals surface area contributed by atoms with Gasteiger partial charge in [-0.25, -0.2) is 22.0 Å². The zero-order valence-electron chi connectivity index (χ0n) is 25.2. The van der Waals surface area contributed by atoms with Crippen LogP contribution in [0, 0.1) is 23.4 Å². The summed E-state index contributed by atoms with van der Waals surface area (Å²) < 4.78 is 80.7. The summed E-state index contributed by atoms with van der Waals surface area (Å²) in [6, 6.07) is 5.11. The largest absolute Gasteiger partial charge is 0.474 e. The Balaban J connectivity index is 0.00000207. The van der Waals surface area contributed by atoms with Crippen LogP contribution in [0.1, 0.15) is 69.1 Å². The van der Waals surface area contributed by atoms with Gasteiger partial charge in [-0.3, -0.25) is 4.90 Å². The fourth-order valence-corrected chi connectivity index (χ4v) is 5.81. The maximum atomic E-state index is 15.8. The van der Waals surface area contributed by atoms with Crippen LogP contribution in [-0.4, -0.2) is 69.3 Å². The van der Waals surface area contributed by atoms with Gasteiger partial charge in [0.2, 0.25) is 0 Å². The van der Waals surface area contributed by atoms with Gasteiger partial charge in [-0.1, -0.05) is 26.0 Å². The van der Waals surface area contributed by atoms with Crippen LogP contribution in [0.3, 0.4) is 0 Å². The number of H-pyrrole nitrogens is 1. The number of nitrogens with one attached hydrogen (secondary N) is 1. The first-order valence-electron chi connectivity index (χ1n) is 14.5. The van der Waals surface area contributed by atoms with E-state index in [1.165, 1.54) is 17.0 Å². The van der Waals surface area contributed by atoms with E-state index in [4.69, 9.17) is 4.74 Å². The first-order valence-corrected chi connectivity index (χ1v) is 14.5. The molecule has 2 aliphatic rings. The van der Waals surface area contributed by atoms with Crippen LogP contribution in [0.5, 0.6) is 0 Å². The number of alkyl halides is 2. The first-order chi connectivity index (χ1) is 20.2. The van der Waals surface area contributed by atoms with Gasteiger partial charge in [0, 0.05) is 42.2 Å². The highest BCUT2D eigenvalue weighted by atomic mass is 19.3. The number of hydrogen-bond acceptors (Lipinski definition) is 5. The number of nitrogens with zero attached hydrogens (tertiary/aromatic N) is 2. The lowest BCUT2D eigenvalue weighted by Gasteiger charge is -2.44. The number of aromatic nitrogens is 1. The predicted octanol–water partition coefficient (Wildman–Crippen LogP) is 6.44. The standard InChI is InChI=1S/C30H34F5N3O3.C2H6/c1-16(41-29(2,3)4)38-12-18(13-38)28(40)17-10-22(32)24(23(33)11-17)27-26-20(8-9-37(27)14-30(34,35)15-39)19-6-5-7-21(31)25(19)36-26;1-2/h5-7,10-11,18,27-28,36,39-40H,1,8-9,12-15H2,2-4H3;1-2H3. The molecule has 236 valence electrons. The average Bonchev–Trinajstić information content (AvgIpc) is 3.28. The lowest BCUT2D eigenvalue weighted by Crippen LogP contribution is -2.49. The molecule has 2 aliphatic heterocycles. The molecule has 43 heavy (non-hydrogen) atoms. The van der Waals surface area contributed by atoms with Gasteiger partial charge in [-0.15, -0.1) is 0 Å². The molecular formula is C32H40F5N3O3. The van der Waals surface area contributed by atoms with Gasteiger partial charge < -0.3 is 24.8 Å². The van der Waals surface area contributed by atoms with E-state index >= 15 is 8.78 Å². The summed E-state index contributed by atoms with van der Waals surface area (Å²) in [6.45, 7) is 11.9. The quantitative estimate of drug-likeness (QED) is 0.203. The highest BCUT2D eigenvalue weighted by Crippen LogP contribution is 2.43. The molecule has 0 spiro atoms. The van der Waals surface area contributed by atoms with Gasteiger partial charge in [-0.05, 0) is 63.1 Å². The summed E-state index contributed by atoms with van der Waals surface area (Å²) in [5, 5.41) is 20.6. The molecular weight excluding hydrogens is 569 g/mol. The number of ether oxygens (including phenoxy) is 1. The zero-order chi connectivity index (χ0) is 31.9. The molecule has 0 saturated carbocycles. The number of rotatable bonds is 8. The highest BCUT2D eigenvalue weighted by molar-refractivity contribution is 5.86. The number of halogens is 5. The fourth-order valence-electron chi connectivity index (χ4n) is 5.81. The number of fused-ring (bicyclic) bond motifs is 3. The summed E-state index contributed by atoms with van der Waals surface area (Å²) >= 11 is 0. The van der Waals surface area contributed by atoms with E-state index in [2.05, 4.69) is 11.6 Å². The molecule has 0 amide bonds. The van der Waals surface area contributed by atoms with Crippen molar-refractivity contribution in [3.05, 3.63) is 82.6 Å². The number of aromatic amines is 1. The van der Waals surface area contributed by atoms with Crippen molar-refractivity contribution in [2.75, 3.05) is 32.8 Å². The van der Waals surface area contributed by atoms with E-state index in [1.54, 1.807) is 6.07 Å². The van der Waals surface area contributed by atoms with Crippen LogP contribution in [0.15, 0.2) is 42.8 Å². The van der Waals surface area contributed by atoms with Crippen molar-refractivity contribution in [3.63, 3.8) is 0 Å². The fraction of sp³-hybridized carbons (Fsp3) is 0.500. The molecule has 6 nitrogen and oxygen atoms in total. The van der Waals surface area contributed by atoms with Gasteiger partial charge in [-0.2, -0.15) is 0 Å². The molecule has 3 N–H and O–H groups in total. The Hall–Kier alpha value is -3.15. The number of aliphatic hydroxyl groups excluding tert-OH is 2. The summed E-state index contributed by atoms with van der Waals surface area (Å²) in [6.07, 6.45) is -0.954. The summed E-state index contributed by atoms with van der Waals surface area (Å²) in [5.41, 5.74) is -0.0104. The minimum Gasteiger partial charge on any atom is -0.474 e. The van der Waals surface area contributed by atoms with Crippen LogP contribution in [0.2, 0.25) is 0 Å². The Morgan fingerprint density at radius 2 is 1.72 bits per heavy atom. The van der Waals surface area contributed by atoms with E-state index in [9.17, 15) is 23.4 Å². The van der Waals surface area contributed by atoms with E-state index in [-0.39, 0.29) is 35.7 Å². The molecule has 5 rings (SSSR count). The number of para-hydroxylation sites is 1. The molecule has 1 fully saturated rings. The van der Waals surface area contributed by atoms with E-state index in [1.807, 2.05) is 39.5 Å². The van der Waals surface area contributed by atoms with Crippen molar-refractivity contribution in [1.29, 1.82) is 0 Å². The van der Waals surface area contributed by atoms with Crippen LogP contribution in [-0.2, 0) is 11.2 Å². The van der Waals surface area contributed by atoms with Gasteiger partial charge in [0.05, 0.1) is 24.2 Å². The molecule has 0 bridgehead atoms. The number of likely N-dealkylation sites (tertiary alicyclic amines) is 1. The molecule has 2 atom stereocenters. The molecule has 3 aromatic rings.